The highest BCUT2D eigenvalue weighted by Gasteiger charge is 2.33. The van der Waals surface area contributed by atoms with Crippen LogP contribution in [0, 0.1) is 0 Å². The normalized spacial score (nSPS) is 19.7. The van der Waals surface area contributed by atoms with Crippen LogP contribution in [0.2, 0.25) is 0 Å². The van der Waals surface area contributed by atoms with Crippen LogP contribution in [0.4, 0.5) is 5.82 Å². The summed E-state index contributed by atoms with van der Waals surface area (Å²) in [6.07, 6.45) is 2.54. The van der Waals surface area contributed by atoms with E-state index >= 15 is 0 Å². The zero-order chi connectivity index (χ0) is 12.3. The van der Waals surface area contributed by atoms with Gasteiger partial charge in [-0.2, -0.15) is 17.7 Å². The molecule has 92 valence electrons. The first-order valence-electron chi connectivity index (χ1n) is 5.43. The van der Waals surface area contributed by atoms with Crippen molar-refractivity contribution in [3.8, 4) is 0 Å². The van der Waals surface area contributed by atoms with Crippen molar-refractivity contribution in [3.63, 3.8) is 0 Å². The number of rotatable bonds is 4. The first-order valence-corrected chi connectivity index (χ1v) is 6.06. The molecule has 1 saturated heterocycles. The molecule has 1 unspecified atom stereocenters. The summed E-state index contributed by atoms with van der Waals surface area (Å²) in [5.74, 6) is 0.921. The molecule has 0 aliphatic carbocycles. The molecular weight excluding hydrogens is 240 g/mol. The third kappa shape index (κ3) is 2.60. The summed E-state index contributed by atoms with van der Waals surface area (Å²) in [7, 11) is 0. The van der Waals surface area contributed by atoms with E-state index in [-0.39, 0.29) is 11.8 Å². The summed E-state index contributed by atoms with van der Waals surface area (Å²) in [4.78, 5) is 25.0. The molecule has 17 heavy (non-hydrogen) atoms. The summed E-state index contributed by atoms with van der Waals surface area (Å²) in [6, 6.07) is 1.31. The van der Waals surface area contributed by atoms with Crippen molar-refractivity contribution in [3.05, 3.63) is 12.3 Å². The topological polar surface area (TPSA) is 78.1 Å². The number of hydrogen-bond acceptors (Lipinski definition) is 4. The molecule has 6 nitrogen and oxygen atoms in total. The Morgan fingerprint density at radius 2 is 2.53 bits per heavy atom. The van der Waals surface area contributed by atoms with Gasteiger partial charge in [0.2, 0.25) is 5.91 Å². The number of thiol groups is 1. The summed E-state index contributed by atoms with van der Waals surface area (Å²) >= 11 is 3.98. The predicted molar refractivity (Wildman–Crippen MR) is 66.0 cm³/mol. The zero-order valence-electron chi connectivity index (χ0n) is 9.22. The number of nitrogens with zero attached hydrogens (tertiary/aromatic N) is 2. The van der Waals surface area contributed by atoms with Gasteiger partial charge < -0.3 is 5.32 Å². The Labute approximate surface area is 104 Å². The summed E-state index contributed by atoms with van der Waals surface area (Å²) in [6.45, 7) is 0.590. The number of nitrogens with one attached hydrogen (secondary N) is 2. The van der Waals surface area contributed by atoms with Crippen LogP contribution in [0.25, 0.3) is 0 Å². The first-order chi connectivity index (χ1) is 8.22. The third-order valence-corrected chi connectivity index (χ3v) is 2.88. The Kier molecular flexibility index (Phi) is 3.68. The molecule has 1 fully saturated rings. The van der Waals surface area contributed by atoms with Gasteiger partial charge in [-0.25, -0.2) is 0 Å². The van der Waals surface area contributed by atoms with Crippen LogP contribution in [-0.4, -0.2) is 40.4 Å². The molecule has 1 atom stereocenters. The highest BCUT2D eigenvalue weighted by Crippen LogP contribution is 2.18. The van der Waals surface area contributed by atoms with Crippen LogP contribution >= 0.6 is 12.6 Å². The number of hydrogen-bond donors (Lipinski definition) is 3. The van der Waals surface area contributed by atoms with E-state index in [1.165, 1.54) is 0 Å². The lowest BCUT2D eigenvalue weighted by molar-refractivity contribution is -0.126. The van der Waals surface area contributed by atoms with Crippen LogP contribution in [0.3, 0.4) is 0 Å². The molecule has 1 aromatic rings. The van der Waals surface area contributed by atoms with Crippen LogP contribution in [0.1, 0.15) is 12.8 Å². The quantitative estimate of drug-likeness (QED) is 0.659. The molecular formula is C10H14N4O2S. The standard InChI is InChI=1S/C10H14N4O2S/c15-9(3-6-17)12-7-2-5-14(10(7)16)8-1-4-11-13-8/h1,4,7,17H,2-3,5-6H2,(H,11,13)(H,12,15). The fourth-order valence-electron chi connectivity index (χ4n) is 1.82. The predicted octanol–water partition coefficient (Wildman–Crippen LogP) is -0.0489. The number of aromatic amines is 1. The second-order valence-electron chi connectivity index (χ2n) is 3.81. The Bertz CT molecular complexity index is 406. The Morgan fingerprint density at radius 1 is 1.71 bits per heavy atom. The van der Waals surface area contributed by atoms with Gasteiger partial charge in [-0.05, 0) is 12.2 Å². The molecule has 1 aliphatic rings. The fourth-order valence-corrected chi connectivity index (χ4v) is 2.02. The average Bonchev–Trinajstić information content (AvgIpc) is 2.90. The van der Waals surface area contributed by atoms with Gasteiger partial charge in [0.15, 0.2) is 0 Å². The minimum atomic E-state index is -0.425. The second kappa shape index (κ2) is 5.22. The van der Waals surface area contributed by atoms with Gasteiger partial charge in [-0.1, -0.05) is 0 Å². The van der Waals surface area contributed by atoms with Gasteiger partial charge in [0.05, 0.1) is 6.20 Å². The average molecular weight is 254 g/mol. The van der Waals surface area contributed by atoms with Gasteiger partial charge >= 0.3 is 0 Å². The van der Waals surface area contributed by atoms with Crippen molar-refractivity contribution >= 4 is 30.3 Å². The third-order valence-electron chi connectivity index (χ3n) is 2.66. The molecule has 1 aromatic heterocycles. The molecule has 0 saturated carbocycles. The fraction of sp³-hybridized carbons (Fsp3) is 0.500. The van der Waals surface area contributed by atoms with Crippen LogP contribution < -0.4 is 10.2 Å². The smallest absolute Gasteiger partial charge is 0.250 e. The molecule has 2 heterocycles. The van der Waals surface area contributed by atoms with E-state index in [1.54, 1.807) is 17.2 Å². The Morgan fingerprint density at radius 3 is 3.18 bits per heavy atom. The Balaban J connectivity index is 1.96. The number of H-pyrrole nitrogens is 1. The summed E-state index contributed by atoms with van der Waals surface area (Å²) in [5.41, 5.74) is 0. The molecule has 1 aliphatic heterocycles. The van der Waals surface area contributed by atoms with Gasteiger partial charge in [0.25, 0.3) is 5.91 Å². The van der Waals surface area contributed by atoms with E-state index < -0.39 is 6.04 Å². The van der Waals surface area contributed by atoms with E-state index in [0.717, 1.165) is 0 Å². The summed E-state index contributed by atoms with van der Waals surface area (Å²) < 4.78 is 0. The summed E-state index contributed by atoms with van der Waals surface area (Å²) in [5, 5.41) is 9.25. The van der Waals surface area contributed by atoms with Crippen molar-refractivity contribution in [1.82, 2.24) is 15.5 Å². The number of anilines is 1. The lowest BCUT2D eigenvalue weighted by Gasteiger charge is -2.14. The van der Waals surface area contributed by atoms with Crippen molar-refractivity contribution in [1.29, 1.82) is 0 Å². The molecule has 0 spiro atoms. The molecule has 7 heteroatoms. The minimum Gasteiger partial charge on any atom is -0.344 e. The van der Waals surface area contributed by atoms with E-state index in [2.05, 4.69) is 28.1 Å². The molecule has 0 radical (unpaired) electrons. The van der Waals surface area contributed by atoms with E-state index in [0.29, 0.717) is 31.0 Å². The monoisotopic (exact) mass is 254 g/mol. The van der Waals surface area contributed by atoms with Crippen molar-refractivity contribution in [2.45, 2.75) is 18.9 Å². The van der Waals surface area contributed by atoms with Crippen molar-refractivity contribution < 1.29 is 9.59 Å². The maximum atomic E-state index is 12.0. The highest BCUT2D eigenvalue weighted by atomic mass is 32.1. The van der Waals surface area contributed by atoms with Gasteiger partial charge in [-0.3, -0.25) is 19.6 Å². The van der Waals surface area contributed by atoms with Gasteiger partial charge in [0, 0.05) is 19.0 Å². The largest absolute Gasteiger partial charge is 0.344 e. The van der Waals surface area contributed by atoms with Crippen LogP contribution in [0.15, 0.2) is 12.3 Å². The number of amides is 2. The van der Waals surface area contributed by atoms with Gasteiger partial charge in [0.1, 0.15) is 11.9 Å². The SMILES string of the molecule is O=C(CCS)NC1CCN(c2ccn[nH]2)C1=O. The zero-order valence-corrected chi connectivity index (χ0v) is 10.1. The molecule has 2 rings (SSSR count). The number of aromatic nitrogens is 2. The first kappa shape index (κ1) is 12.0. The van der Waals surface area contributed by atoms with E-state index in [4.69, 9.17) is 0 Å². The van der Waals surface area contributed by atoms with Crippen LogP contribution in [-0.2, 0) is 9.59 Å². The van der Waals surface area contributed by atoms with Crippen molar-refractivity contribution in [2.75, 3.05) is 17.2 Å². The molecule has 0 bridgehead atoms. The maximum Gasteiger partial charge on any atom is 0.250 e. The molecule has 2 amide bonds. The molecule has 0 aromatic carbocycles. The van der Waals surface area contributed by atoms with Crippen LogP contribution in [0.5, 0.6) is 0 Å². The van der Waals surface area contributed by atoms with Crippen molar-refractivity contribution in [2.24, 2.45) is 0 Å². The Hall–Kier alpha value is -1.50. The van der Waals surface area contributed by atoms with E-state index in [1.807, 2.05) is 0 Å². The lowest BCUT2D eigenvalue weighted by atomic mass is 10.2. The number of carbonyl (C=O) groups excluding carboxylic acids is 2. The lowest BCUT2D eigenvalue weighted by Crippen LogP contribution is -2.41. The van der Waals surface area contributed by atoms with Gasteiger partial charge in [-0.15, -0.1) is 0 Å². The minimum absolute atomic E-state index is 0.0956. The number of carbonyl (C=O) groups is 2. The maximum absolute atomic E-state index is 12.0. The highest BCUT2D eigenvalue weighted by molar-refractivity contribution is 7.80. The second-order valence-corrected chi connectivity index (χ2v) is 4.26. The molecule has 2 N–H and O–H groups in total. The van der Waals surface area contributed by atoms with E-state index in [9.17, 15) is 9.59 Å².